The van der Waals surface area contributed by atoms with Crippen molar-refractivity contribution in [2.75, 3.05) is 13.1 Å². The largest absolute Gasteiger partial charge is 0.300 e. The summed E-state index contributed by atoms with van der Waals surface area (Å²) in [5.41, 5.74) is 0. The molecule has 2 aliphatic rings. The Bertz CT molecular complexity index is 144. The maximum absolute atomic E-state index is 2.70. The Hall–Kier alpha value is -0.0400. The summed E-state index contributed by atoms with van der Waals surface area (Å²) in [7, 11) is 0. The fourth-order valence-electron chi connectivity index (χ4n) is 2.73. The minimum absolute atomic E-state index is 0.953. The predicted molar refractivity (Wildman–Crippen MR) is 47.5 cm³/mol. The molecule has 3 unspecified atom stereocenters. The highest BCUT2D eigenvalue weighted by atomic mass is 15.2. The molecule has 1 heteroatoms. The van der Waals surface area contributed by atoms with Crippen molar-refractivity contribution in [1.29, 1.82) is 0 Å². The van der Waals surface area contributed by atoms with Gasteiger partial charge in [0.25, 0.3) is 0 Å². The van der Waals surface area contributed by atoms with Crippen LogP contribution in [-0.2, 0) is 0 Å². The standard InChI is InChI=1S/C10H19N/c1-8-3-4-11-7-9(2)6-10(11)5-8/h8-10H,3-7H2,1-2H3. The first-order valence-corrected chi connectivity index (χ1v) is 4.99. The van der Waals surface area contributed by atoms with E-state index in [0.29, 0.717) is 0 Å². The smallest absolute Gasteiger partial charge is 0.0101 e. The number of fused-ring (bicyclic) bond motifs is 1. The minimum atomic E-state index is 0.953. The van der Waals surface area contributed by atoms with Crippen LogP contribution in [0.25, 0.3) is 0 Å². The van der Waals surface area contributed by atoms with Gasteiger partial charge in [0.1, 0.15) is 0 Å². The highest BCUT2D eigenvalue weighted by Crippen LogP contribution is 2.32. The molecule has 2 aliphatic heterocycles. The molecule has 0 spiro atoms. The van der Waals surface area contributed by atoms with Crippen LogP contribution in [0.15, 0.2) is 0 Å². The quantitative estimate of drug-likeness (QED) is 0.515. The van der Waals surface area contributed by atoms with Gasteiger partial charge >= 0.3 is 0 Å². The molecule has 0 N–H and O–H groups in total. The Morgan fingerprint density at radius 2 is 1.82 bits per heavy atom. The second kappa shape index (κ2) is 2.78. The fourth-order valence-corrected chi connectivity index (χ4v) is 2.73. The van der Waals surface area contributed by atoms with Gasteiger partial charge in [-0.05, 0) is 37.6 Å². The highest BCUT2D eigenvalue weighted by molar-refractivity contribution is 4.87. The first kappa shape index (κ1) is 7.60. The molecule has 2 fully saturated rings. The van der Waals surface area contributed by atoms with E-state index in [1.54, 1.807) is 0 Å². The molecular weight excluding hydrogens is 134 g/mol. The van der Waals surface area contributed by atoms with Crippen molar-refractivity contribution in [1.82, 2.24) is 4.90 Å². The third kappa shape index (κ3) is 1.44. The van der Waals surface area contributed by atoms with Crippen LogP contribution in [0.3, 0.4) is 0 Å². The van der Waals surface area contributed by atoms with Crippen LogP contribution in [0.5, 0.6) is 0 Å². The third-order valence-corrected chi connectivity index (χ3v) is 3.32. The number of hydrogen-bond acceptors (Lipinski definition) is 1. The van der Waals surface area contributed by atoms with E-state index in [1.165, 1.54) is 32.4 Å². The molecular formula is C10H19N. The summed E-state index contributed by atoms with van der Waals surface area (Å²) in [6.07, 6.45) is 4.36. The molecule has 2 saturated heterocycles. The Labute approximate surface area is 69.8 Å². The normalized spacial score (nSPS) is 45.8. The minimum Gasteiger partial charge on any atom is -0.300 e. The van der Waals surface area contributed by atoms with E-state index in [9.17, 15) is 0 Å². The van der Waals surface area contributed by atoms with Crippen LogP contribution in [0.4, 0.5) is 0 Å². The predicted octanol–water partition coefficient (Wildman–Crippen LogP) is 2.13. The van der Waals surface area contributed by atoms with Crippen LogP contribution in [0, 0.1) is 11.8 Å². The first-order valence-electron chi connectivity index (χ1n) is 4.99. The Morgan fingerprint density at radius 3 is 2.64 bits per heavy atom. The number of rotatable bonds is 0. The van der Waals surface area contributed by atoms with E-state index >= 15 is 0 Å². The summed E-state index contributed by atoms with van der Waals surface area (Å²) in [6, 6.07) is 0.953. The van der Waals surface area contributed by atoms with E-state index in [2.05, 4.69) is 18.7 Å². The number of nitrogens with zero attached hydrogens (tertiary/aromatic N) is 1. The van der Waals surface area contributed by atoms with Crippen LogP contribution in [0.1, 0.15) is 33.1 Å². The fraction of sp³-hybridized carbons (Fsp3) is 1.00. The zero-order valence-electron chi connectivity index (χ0n) is 7.71. The lowest BCUT2D eigenvalue weighted by Gasteiger charge is -2.32. The summed E-state index contributed by atoms with van der Waals surface area (Å²) in [6.45, 7) is 7.54. The van der Waals surface area contributed by atoms with E-state index in [1.807, 2.05) is 0 Å². The van der Waals surface area contributed by atoms with Crippen molar-refractivity contribution in [2.24, 2.45) is 11.8 Å². The second-order valence-electron chi connectivity index (χ2n) is 4.62. The van der Waals surface area contributed by atoms with Crippen molar-refractivity contribution in [3.05, 3.63) is 0 Å². The molecule has 0 aromatic carbocycles. The van der Waals surface area contributed by atoms with Gasteiger partial charge in [0.15, 0.2) is 0 Å². The van der Waals surface area contributed by atoms with Gasteiger partial charge in [0, 0.05) is 12.6 Å². The van der Waals surface area contributed by atoms with Gasteiger partial charge in [0.2, 0.25) is 0 Å². The molecule has 0 aliphatic carbocycles. The lowest BCUT2D eigenvalue weighted by atomic mass is 9.92. The topological polar surface area (TPSA) is 3.24 Å². The molecule has 2 heterocycles. The van der Waals surface area contributed by atoms with Crippen LogP contribution in [-0.4, -0.2) is 24.0 Å². The number of piperidine rings is 1. The van der Waals surface area contributed by atoms with Gasteiger partial charge in [-0.15, -0.1) is 0 Å². The molecule has 11 heavy (non-hydrogen) atoms. The average molecular weight is 153 g/mol. The molecule has 3 atom stereocenters. The molecule has 0 aromatic rings. The van der Waals surface area contributed by atoms with E-state index < -0.39 is 0 Å². The van der Waals surface area contributed by atoms with Crippen LogP contribution < -0.4 is 0 Å². The first-order chi connectivity index (χ1) is 5.25. The summed E-state index contributed by atoms with van der Waals surface area (Å²) in [5.74, 6) is 1.95. The highest BCUT2D eigenvalue weighted by Gasteiger charge is 2.33. The molecule has 0 saturated carbocycles. The molecule has 64 valence electrons. The maximum atomic E-state index is 2.70. The van der Waals surface area contributed by atoms with Gasteiger partial charge in [-0.2, -0.15) is 0 Å². The van der Waals surface area contributed by atoms with Gasteiger partial charge < -0.3 is 4.90 Å². The summed E-state index contributed by atoms with van der Waals surface area (Å²) < 4.78 is 0. The van der Waals surface area contributed by atoms with E-state index in [4.69, 9.17) is 0 Å². The second-order valence-corrected chi connectivity index (χ2v) is 4.62. The van der Waals surface area contributed by atoms with Crippen molar-refractivity contribution < 1.29 is 0 Å². The van der Waals surface area contributed by atoms with Gasteiger partial charge in [-0.1, -0.05) is 13.8 Å². The van der Waals surface area contributed by atoms with Crippen molar-refractivity contribution in [3.63, 3.8) is 0 Å². The van der Waals surface area contributed by atoms with Crippen molar-refractivity contribution in [2.45, 2.75) is 39.2 Å². The van der Waals surface area contributed by atoms with E-state index in [0.717, 1.165) is 17.9 Å². The van der Waals surface area contributed by atoms with Gasteiger partial charge in [-0.25, -0.2) is 0 Å². The molecule has 2 rings (SSSR count). The van der Waals surface area contributed by atoms with Gasteiger partial charge in [-0.3, -0.25) is 0 Å². The molecule has 0 radical (unpaired) electrons. The Balaban J connectivity index is 1.97. The Kier molecular flexibility index (Phi) is 1.92. The summed E-state index contributed by atoms with van der Waals surface area (Å²) in [5, 5.41) is 0. The summed E-state index contributed by atoms with van der Waals surface area (Å²) >= 11 is 0. The van der Waals surface area contributed by atoms with E-state index in [-0.39, 0.29) is 0 Å². The van der Waals surface area contributed by atoms with Crippen molar-refractivity contribution >= 4 is 0 Å². The molecule has 0 bridgehead atoms. The molecule has 0 aromatic heterocycles. The average Bonchev–Trinajstić information content (AvgIpc) is 2.27. The monoisotopic (exact) mass is 153 g/mol. The molecule has 0 amide bonds. The third-order valence-electron chi connectivity index (χ3n) is 3.32. The summed E-state index contributed by atoms with van der Waals surface area (Å²) in [4.78, 5) is 2.70. The lowest BCUT2D eigenvalue weighted by molar-refractivity contribution is 0.160. The zero-order chi connectivity index (χ0) is 7.84. The number of hydrogen-bond donors (Lipinski definition) is 0. The van der Waals surface area contributed by atoms with Crippen LogP contribution in [0.2, 0.25) is 0 Å². The SMILES string of the molecule is CC1CCN2CC(C)CC2C1. The van der Waals surface area contributed by atoms with Gasteiger partial charge in [0.05, 0.1) is 0 Å². The van der Waals surface area contributed by atoms with Crippen molar-refractivity contribution in [3.8, 4) is 0 Å². The maximum Gasteiger partial charge on any atom is 0.0101 e. The molecule has 1 nitrogen and oxygen atoms in total. The Morgan fingerprint density at radius 1 is 1.09 bits per heavy atom. The zero-order valence-corrected chi connectivity index (χ0v) is 7.71. The lowest BCUT2D eigenvalue weighted by Crippen LogP contribution is -2.37. The van der Waals surface area contributed by atoms with Crippen LogP contribution >= 0.6 is 0 Å².